The number of ketones is 1. The fraction of sp³-hybridized carbons (Fsp3) is 0.421. The number of nitrogens with zero attached hydrogens (tertiary/aromatic N) is 3. The summed E-state index contributed by atoms with van der Waals surface area (Å²) in [5.74, 6) is -0.140. The molecule has 0 fully saturated rings. The Morgan fingerprint density at radius 1 is 1.30 bits per heavy atom. The Bertz CT molecular complexity index is 874. The fourth-order valence-corrected chi connectivity index (χ4v) is 3.38. The molecule has 2 rings (SSSR count). The average Bonchev–Trinajstić information content (AvgIpc) is 3.21. The number of H-pyrrole nitrogens is 1. The highest BCUT2D eigenvalue weighted by Crippen LogP contribution is 2.19. The number of ether oxygens (including phenoxy) is 1. The molecule has 1 atom stereocenters. The Hall–Kier alpha value is -2.40. The molecule has 0 saturated carbocycles. The zero-order valence-corrected chi connectivity index (χ0v) is 19.4. The van der Waals surface area contributed by atoms with E-state index in [1.165, 1.54) is 4.90 Å². The summed E-state index contributed by atoms with van der Waals surface area (Å²) in [5.41, 5.74) is 0.558. The van der Waals surface area contributed by atoms with Gasteiger partial charge >= 0.3 is 5.97 Å². The van der Waals surface area contributed by atoms with E-state index in [1.807, 2.05) is 6.26 Å². The number of aromatic nitrogens is 3. The highest BCUT2D eigenvalue weighted by atomic mass is 79.9. The van der Waals surface area contributed by atoms with E-state index in [9.17, 15) is 14.4 Å². The van der Waals surface area contributed by atoms with Crippen molar-refractivity contribution in [1.29, 1.82) is 0 Å². The summed E-state index contributed by atoms with van der Waals surface area (Å²) < 4.78 is 5.89. The highest BCUT2D eigenvalue weighted by Gasteiger charge is 2.25. The Kier molecular flexibility index (Phi) is 9.31. The van der Waals surface area contributed by atoms with E-state index in [0.29, 0.717) is 23.6 Å². The molecule has 0 aliphatic rings. The van der Waals surface area contributed by atoms with Gasteiger partial charge in [-0.25, -0.2) is 9.89 Å². The number of carbonyl (C=O) groups excluding carboxylic acids is 3. The van der Waals surface area contributed by atoms with Crippen LogP contribution < -0.4 is 10.2 Å². The van der Waals surface area contributed by atoms with Crippen LogP contribution in [0.5, 0.6) is 0 Å². The third-order valence-electron chi connectivity index (χ3n) is 4.13. The lowest BCUT2D eigenvalue weighted by Crippen LogP contribution is -2.46. The molecule has 1 aromatic carbocycles. The van der Waals surface area contributed by atoms with Crippen molar-refractivity contribution in [2.24, 2.45) is 0 Å². The largest absolute Gasteiger partial charge is 0.464 e. The molecule has 2 N–H and O–H groups in total. The molecule has 1 amide bonds. The third-order valence-corrected chi connectivity index (χ3v) is 5.30. The van der Waals surface area contributed by atoms with Crippen molar-refractivity contribution in [3.8, 4) is 0 Å². The van der Waals surface area contributed by atoms with E-state index in [4.69, 9.17) is 4.74 Å². The molecule has 0 bridgehead atoms. The van der Waals surface area contributed by atoms with Gasteiger partial charge in [0, 0.05) is 17.1 Å². The summed E-state index contributed by atoms with van der Waals surface area (Å²) in [6.07, 6.45) is 2.39. The van der Waals surface area contributed by atoms with Gasteiger partial charge in [-0.2, -0.15) is 11.8 Å². The summed E-state index contributed by atoms with van der Waals surface area (Å²) in [4.78, 5) is 38.9. The first-order valence-corrected chi connectivity index (χ1v) is 11.4. The SMILES string of the molecule is CCOC(=O)[C@H](CCSC)NC(=O)CN(C)c1[nH]nnc1C(=O)c1ccc(Br)cc1. The number of likely N-dealkylation sites (N-methyl/N-ethyl adjacent to an activating group) is 1. The number of amides is 1. The van der Waals surface area contributed by atoms with Crippen molar-refractivity contribution in [2.45, 2.75) is 19.4 Å². The minimum atomic E-state index is -0.720. The maximum atomic E-state index is 12.8. The molecule has 1 aromatic heterocycles. The molecular formula is C19H24BrN5O4S. The number of rotatable bonds is 11. The summed E-state index contributed by atoms with van der Waals surface area (Å²) in [7, 11) is 1.63. The molecule has 9 nitrogen and oxygen atoms in total. The van der Waals surface area contributed by atoms with Gasteiger partial charge in [0.05, 0.1) is 13.2 Å². The Morgan fingerprint density at radius 3 is 2.63 bits per heavy atom. The number of hydrogen-bond acceptors (Lipinski definition) is 8. The van der Waals surface area contributed by atoms with E-state index in [0.717, 1.165) is 4.47 Å². The van der Waals surface area contributed by atoms with E-state index in [1.54, 1.807) is 50.0 Å². The van der Waals surface area contributed by atoms with Gasteiger partial charge in [-0.3, -0.25) is 9.59 Å². The van der Waals surface area contributed by atoms with Crippen LogP contribution in [0.1, 0.15) is 29.4 Å². The van der Waals surface area contributed by atoms with Crippen molar-refractivity contribution >= 4 is 51.2 Å². The minimum absolute atomic E-state index is 0.0976. The minimum Gasteiger partial charge on any atom is -0.464 e. The molecule has 162 valence electrons. The Balaban J connectivity index is 2.06. The smallest absolute Gasteiger partial charge is 0.328 e. The summed E-state index contributed by atoms with van der Waals surface area (Å²) in [5, 5.41) is 13.0. The van der Waals surface area contributed by atoms with Crippen LogP contribution in [0, 0.1) is 0 Å². The van der Waals surface area contributed by atoms with E-state index < -0.39 is 12.0 Å². The van der Waals surface area contributed by atoms with Crippen LogP contribution in [0.4, 0.5) is 5.82 Å². The lowest BCUT2D eigenvalue weighted by Gasteiger charge is -2.21. The number of esters is 1. The zero-order chi connectivity index (χ0) is 22.1. The third kappa shape index (κ3) is 6.56. The van der Waals surface area contributed by atoms with Crippen LogP contribution in [-0.2, 0) is 14.3 Å². The van der Waals surface area contributed by atoms with Gasteiger partial charge in [-0.05, 0) is 49.6 Å². The normalized spacial score (nSPS) is 11.6. The first-order chi connectivity index (χ1) is 14.4. The first-order valence-electron chi connectivity index (χ1n) is 9.24. The van der Waals surface area contributed by atoms with Crippen molar-refractivity contribution < 1.29 is 19.1 Å². The predicted molar refractivity (Wildman–Crippen MR) is 119 cm³/mol. The van der Waals surface area contributed by atoms with Gasteiger partial charge in [0.1, 0.15) is 6.04 Å². The van der Waals surface area contributed by atoms with Crippen LogP contribution in [0.15, 0.2) is 28.7 Å². The zero-order valence-electron chi connectivity index (χ0n) is 17.0. The second-order valence-electron chi connectivity index (χ2n) is 6.35. The number of hydrogen-bond donors (Lipinski definition) is 2. The van der Waals surface area contributed by atoms with Gasteiger partial charge < -0.3 is 15.0 Å². The molecule has 0 unspecified atom stereocenters. The second-order valence-corrected chi connectivity index (χ2v) is 8.26. The van der Waals surface area contributed by atoms with Gasteiger partial charge in [-0.15, -0.1) is 5.10 Å². The molecule has 0 spiro atoms. The number of carbonyl (C=O) groups is 3. The van der Waals surface area contributed by atoms with Crippen molar-refractivity contribution in [3.05, 3.63) is 40.0 Å². The van der Waals surface area contributed by atoms with Crippen molar-refractivity contribution in [1.82, 2.24) is 20.7 Å². The molecular weight excluding hydrogens is 474 g/mol. The summed E-state index contributed by atoms with van der Waals surface area (Å²) >= 11 is 4.91. The van der Waals surface area contributed by atoms with Crippen LogP contribution in [0.3, 0.4) is 0 Å². The van der Waals surface area contributed by atoms with Crippen LogP contribution in [-0.4, -0.2) is 71.3 Å². The molecule has 30 heavy (non-hydrogen) atoms. The van der Waals surface area contributed by atoms with Gasteiger partial charge in [-0.1, -0.05) is 21.1 Å². The number of aromatic amines is 1. The number of anilines is 1. The lowest BCUT2D eigenvalue weighted by atomic mass is 10.1. The molecule has 11 heteroatoms. The molecule has 0 radical (unpaired) electrons. The number of thioether (sulfide) groups is 1. The maximum Gasteiger partial charge on any atom is 0.328 e. The van der Waals surface area contributed by atoms with Gasteiger partial charge in [0.25, 0.3) is 0 Å². The average molecular weight is 498 g/mol. The molecule has 1 heterocycles. The van der Waals surface area contributed by atoms with E-state index in [2.05, 4.69) is 36.7 Å². The summed E-state index contributed by atoms with van der Waals surface area (Å²) in [6, 6.07) is 6.14. The highest BCUT2D eigenvalue weighted by molar-refractivity contribution is 9.10. The predicted octanol–water partition coefficient (Wildman–Crippen LogP) is 2.04. The monoisotopic (exact) mass is 497 g/mol. The Labute approximate surface area is 187 Å². The number of nitrogens with one attached hydrogen (secondary N) is 2. The van der Waals surface area contributed by atoms with Crippen LogP contribution >= 0.6 is 27.7 Å². The second kappa shape index (κ2) is 11.7. The fourth-order valence-electron chi connectivity index (χ4n) is 2.64. The molecule has 0 aliphatic carbocycles. The van der Waals surface area contributed by atoms with Crippen molar-refractivity contribution in [3.63, 3.8) is 0 Å². The number of halogens is 1. The van der Waals surface area contributed by atoms with Crippen molar-refractivity contribution in [2.75, 3.05) is 37.1 Å². The topological polar surface area (TPSA) is 117 Å². The molecule has 0 saturated heterocycles. The first kappa shape index (κ1) is 23.9. The van der Waals surface area contributed by atoms with Crippen LogP contribution in [0.25, 0.3) is 0 Å². The summed E-state index contributed by atoms with van der Waals surface area (Å²) in [6.45, 7) is 1.86. The van der Waals surface area contributed by atoms with E-state index in [-0.39, 0.29) is 30.5 Å². The maximum absolute atomic E-state index is 12.8. The van der Waals surface area contributed by atoms with Gasteiger partial charge in [0.2, 0.25) is 11.7 Å². The standard InChI is InChI=1S/C19H24BrN5O4S/c1-4-29-19(28)14(9-10-30-3)21-15(26)11-25(2)18-16(22-24-23-18)17(27)12-5-7-13(20)8-6-12/h5-8,14H,4,9-11H2,1-3H3,(H,21,26)(H,22,23,24)/t14-/m0/s1. The van der Waals surface area contributed by atoms with Crippen LogP contribution in [0.2, 0.25) is 0 Å². The molecule has 2 aromatic rings. The Morgan fingerprint density at radius 2 is 2.00 bits per heavy atom. The van der Waals surface area contributed by atoms with Gasteiger partial charge in [0.15, 0.2) is 11.5 Å². The molecule has 0 aliphatic heterocycles. The van der Waals surface area contributed by atoms with E-state index >= 15 is 0 Å². The lowest BCUT2D eigenvalue weighted by molar-refractivity contribution is -0.147. The number of benzene rings is 1. The quantitative estimate of drug-likeness (QED) is 0.357.